The third kappa shape index (κ3) is 3.45. The molecule has 12 heteroatoms. The zero-order chi connectivity index (χ0) is 21.4. The Morgan fingerprint density at radius 2 is 2.07 bits per heavy atom. The van der Waals surface area contributed by atoms with Crippen LogP contribution in [0.25, 0.3) is 11.2 Å². The molecule has 0 aliphatic carbocycles. The largest absolute Gasteiger partial charge is 0.394 e. The molecular formula is C18H20N6O6. The van der Waals surface area contributed by atoms with Gasteiger partial charge in [-0.15, -0.1) is 0 Å². The highest BCUT2D eigenvalue weighted by molar-refractivity contribution is 5.82. The van der Waals surface area contributed by atoms with Crippen LogP contribution in [0.3, 0.4) is 0 Å². The molecule has 3 aromatic rings. The molecule has 4 rings (SSSR count). The summed E-state index contributed by atoms with van der Waals surface area (Å²) in [5, 5.41) is 43.6. The maximum Gasteiger partial charge on any atom is 0.272 e. The first-order valence-corrected chi connectivity index (χ1v) is 9.18. The first-order chi connectivity index (χ1) is 14.4. The molecule has 0 amide bonds. The summed E-state index contributed by atoms with van der Waals surface area (Å²) in [7, 11) is 0. The Balaban J connectivity index is 1.57. The van der Waals surface area contributed by atoms with Crippen molar-refractivity contribution >= 4 is 22.7 Å². The first-order valence-electron chi connectivity index (χ1n) is 9.18. The fourth-order valence-corrected chi connectivity index (χ4v) is 3.50. The standard InChI is InChI=1S/C18H20N6O6/c1-9-4-10(2-3-11(9)24(28)29)5-19-16-13-17(21-7-20-16)23(8-22-13)18-15(27)14(26)12(6-25)30-18/h2-4,7-8,12,14-15,18,25-27H,5-6H2,1H3,(H,19,20,21)/t12-,14-,15-,18?/m1/s1. The van der Waals surface area contributed by atoms with Gasteiger partial charge in [0, 0.05) is 18.2 Å². The lowest BCUT2D eigenvalue weighted by atomic mass is 10.1. The highest BCUT2D eigenvalue weighted by Gasteiger charge is 2.44. The van der Waals surface area contributed by atoms with Crippen LogP contribution in [0.5, 0.6) is 0 Å². The van der Waals surface area contributed by atoms with Crippen molar-refractivity contribution in [1.29, 1.82) is 0 Å². The molecule has 2 aromatic heterocycles. The van der Waals surface area contributed by atoms with Crippen LogP contribution in [0.4, 0.5) is 11.5 Å². The van der Waals surface area contributed by atoms with E-state index >= 15 is 0 Å². The van der Waals surface area contributed by atoms with Gasteiger partial charge < -0.3 is 25.4 Å². The molecule has 0 spiro atoms. The van der Waals surface area contributed by atoms with E-state index in [9.17, 15) is 25.4 Å². The van der Waals surface area contributed by atoms with E-state index in [4.69, 9.17) is 4.74 Å². The van der Waals surface area contributed by atoms with Crippen LogP contribution in [0.15, 0.2) is 30.9 Å². The van der Waals surface area contributed by atoms with Gasteiger partial charge in [0.25, 0.3) is 5.69 Å². The van der Waals surface area contributed by atoms with Gasteiger partial charge in [-0.3, -0.25) is 14.7 Å². The number of nitrogens with zero attached hydrogens (tertiary/aromatic N) is 5. The topological polar surface area (TPSA) is 169 Å². The first kappa shape index (κ1) is 20.1. The summed E-state index contributed by atoms with van der Waals surface area (Å²) in [4.78, 5) is 23.2. The van der Waals surface area contributed by atoms with Crippen LogP contribution in [-0.4, -0.2) is 64.7 Å². The van der Waals surface area contributed by atoms with Crippen LogP contribution in [0, 0.1) is 17.0 Å². The number of rotatable bonds is 6. The maximum absolute atomic E-state index is 11.0. The molecule has 12 nitrogen and oxygen atoms in total. The third-order valence-electron chi connectivity index (χ3n) is 5.07. The Kier molecular flexibility index (Phi) is 5.30. The van der Waals surface area contributed by atoms with Gasteiger partial charge in [0.1, 0.15) is 24.6 Å². The number of aliphatic hydroxyl groups excluding tert-OH is 3. The number of aromatic nitrogens is 4. The summed E-state index contributed by atoms with van der Waals surface area (Å²) in [6.45, 7) is 1.59. The van der Waals surface area contributed by atoms with Gasteiger partial charge in [-0.2, -0.15) is 0 Å². The third-order valence-corrected chi connectivity index (χ3v) is 5.07. The van der Waals surface area contributed by atoms with Crippen LogP contribution in [-0.2, 0) is 11.3 Å². The number of nitro groups is 1. The molecule has 4 N–H and O–H groups in total. The number of fused-ring (bicyclic) bond motifs is 1. The van der Waals surface area contributed by atoms with Crippen molar-refractivity contribution in [2.75, 3.05) is 11.9 Å². The summed E-state index contributed by atoms with van der Waals surface area (Å²) in [6, 6.07) is 4.84. The van der Waals surface area contributed by atoms with E-state index in [0.717, 1.165) is 5.56 Å². The van der Waals surface area contributed by atoms with Crippen molar-refractivity contribution in [2.45, 2.75) is 38.0 Å². The fourth-order valence-electron chi connectivity index (χ4n) is 3.50. The number of hydrogen-bond acceptors (Lipinski definition) is 10. The number of benzene rings is 1. The number of ether oxygens (including phenoxy) is 1. The molecule has 1 aliphatic rings. The highest BCUT2D eigenvalue weighted by atomic mass is 16.6. The van der Waals surface area contributed by atoms with Crippen LogP contribution < -0.4 is 5.32 Å². The average molecular weight is 416 g/mol. The number of nitrogens with one attached hydrogen (secondary N) is 1. The number of aliphatic hydroxyl groups is 3. The summed E-state index contributed by atoms with van der Waals surface area (Å²) < 4.78 is 7.01. The normalized spacial score (nSPS) is 23.7. The van der Waals surface area contributed by atoms with Gasteiger partial charge in [0.05, 0.1) is 17.9 Å². The second kappa shape index (κ2) is 7.91. The van der Waals surface area contributed by atoms with Crippen molar-refractivity contribution in [3.8, 4) is 0 Å². The molecule has 158 valence electrons. The highest BCUT2D eigenvalue weighted by Crippen LogP contribution is 2.32. The SMILES string of the molecule is Cc1cc(CNc2ncnc3c2ncn3C2O[C@H](CO)[C@@H](O)[C@H]2O)ccc1[N+](=O)[O-]. The molecule has 0 radical (unpaired) electrons. The molecule has 30 heavy (non-hydrogen) atoms. The van der Waals surface area contributed by atoms with Crippen molar-refractivity contribution < 1.29 is 25.0 Å². The minimum atomic E-state index is -1.26. The number of aryl methyl sites for hydroxylation is 1. The lowest BCUT2D eigenvalue weighted by Crippen LogP contribution is -2.33. The van der Waals surface area contributed by atoms with E-state index in [1.54, 1.807) is 19.1 Å². The molecule has 1 fully saturated rings. The van der Waals surface area contributed by atoms with Crippen molar-refractivity contribution in [2.24, 2.45) is 0 Å². The molecule has 0 bridgehead atoms. The van der Waals surface area contributed by atoms with Gasteiger partial charge >= 0.3 is 0 Å². The van der Waals surface area contributed by atoms with E-state index in [-0.39, 0.29) is 5.69 Å². The summed E-state index contributed by atoms with van der Waals surface area (Å²) in [6.07, 6.45) is -1.61. The zero-order valence-electron chi connectivity index (χ0n) is 15.9. The maximum atomic E-state index is 11.0. The van der Waals surface area contributed by atoms with Crippen molar-refractivity contribution in [3.63, 3.8) is 0 Å². The smallest absolute Gasteiger partial charge is 0.272 e. The molecule has 1 aromatic carbocycles. The van der Waals surface area contributed by atoms with Gasteiger partial charge in [-0.05, 0) is 18.6 Å². The molecule has 0 saturated carbocycles. The Morgan fingerprint density at radius 3 is 2.73 bits per heavy atom. The van der Waals surface area contributed by atoms with Gasteiger partial charge in [-0.1, -0.05) is 6.07 Å². The Morgan fingerprint density at radius 1 is 1.27 bits per heavy atom. The van der Waals surface area contributed by atoms with E-state index in [2.05, 4.69) is 20.3 Å². The van der Waals surface area contributed by atoms with Gasteiger partial charge in [0.15, 0.2) is 23.2 Å². The molecule has 4 atom stereocenters. The van der Waals surface area contributed by atoms with Crippen molar-refractivity contribution in [3.05, 3.63) is 52.1 Å². The Hall–Kier alpha value is -3.19. The number of imidazole rings is 1. The number of anilines is 1. The van der Waals surface area contributed by atoms with Gasteiger partial charge in [-0.25, -0.2) is 15.0 Å². The number of hydrogen-bond donors (Lipinski definition) is 4. The van der Waals surface area contributed by atoms with E-state index in [1.807, 2.05) is 0 Å². The van der Waals surface area contributed by atoms with Gasteiger partial charge in [0.2, 0.25) is 0 Å². The summed E-state index contributed by atoms with van der Waals surface area (Å²) in [5.74, 6) is 0.432. The van der Waals surface area contributed by atoms with E-state index in [1.165, 1.54) is 23.3 Å². The second-order valence-electron chi connectivity index (χ2n) is 7.01. The quantitative estimate of drug-likeness (QED) is 0.323. The number of nitro benzene ring substituents is 1. The average Bonchev–Trinajstić information content (AvgIpc) is 3.27. The molecular weight excluding hydrogens is 396 g/mol. The minimum absolute atomic E-state index is 0.0559. The van der Waals surface area contributed by atoms with Crippen molar-refractivity contribution in [1.82, 2.24) is 19.5 Å². The molecule has 1 aliphatic heterocycles. The predicted octanol–water partition coefficient (Wildman–Crippen LogP) is 0.267. The lowest BCUT2D eigenvalue weighted by molar-refractivity contribution is -0.385. The summed E-state index contributed by atoms with van der Waals surface area (Å²) >= 11 is 0. The molecule has 1 saturated heterocycles. The van der Waals surface area contributed by atoms with Crippen LogP contribution in [0.1, 0.15) is 17.4 Å². The lowest BCUT2D eigenvalue weighted by Gasteiger charge is -2.16. The van der Waals surface area contributed by atoms with E-state index < -0.39 is 36.1 Å². The fraction of sp³-hybridized carbons (Fsp3) is 0.389. The van der Waals surface area contributed by atoms with Crippen LogP contribution >= 0.6 is 0 Å². The minimum Gasteiger partial charge on any atom is -0.394 e. The molecule has 1 unspecified atom stereocenters. The zero-order valence-corrected chi connectivity index (χ0v) is 15.9. The Labute approximate surface area is 169 Å². The Bertz CT molecular complexity index is 1090. The predicted molar refractivity (Wildman–Crippen MR) is 103 cm³/mol. The second-order valence-corrected chi connectivity index (χ2v) is 7.01. The van der Waals surface area contributed by atoms with E-state index in [0.29, 0.717) is 29.1 Å². The molecule has 3 heterocycles. The summed E-state index contributed by atoms with van der Waals surface area (Å²) in [5.41, 5.74) is 2.24. The van der Waals surface area contributed by atoms with Crippen LogP contribution in [0.2, 0.25) is 0 Å². The monoisotopic (exact) mass is 416 g/mol.